The number of rotatable bonds is 24. The number of methoxy groups -OCH3 is 1. The molecule has 5 heterocycles. The molecule has 2 aromatic heterocycles. The Balaban J connectivity index is 0.740. The summed E-state index contributed by atoms with van der Waals surface area (Å²) in [4.78, 5) is 102. The predicted molar refractivity (Wildman–Crippen MR) is 272 cm³/mol. The Hall–Kier alpha value is -5.74. The summed E-state index contributed by atoms with van der Waals surface area (Å²) in [6.07, 6.45) is 8.18. The lowest BCUT2D eigenvalue weighted by molar-refractivity contribution is -0.143. The number of hydrogen-bond acceptors (Lipinski definition) is 12. The number of aromatic nitrogens is 2. The highest BCUT2D eigenvalue weighted by molar-refractivity contribution is 5.90. The second-order valence-corrected chi connectivity index (χ2v) is 21.3. The summed E-state index contributed by atoms with van der Waals surface area (Å²) in [7, 11) is 3.34. The first-order chi connectivity index (χ1) is 36.5. The summed E-state index contributed by atoms with van der Waals surface area (Å²) in [5.74, 6) is -1.71. The van der Waals surface area contributed by atoms with Gasteiger partial charge in [-0.05, 0) is 107 Å². The lowest BCUT2D eigenvalue weighted by Crippen LogP contribution is -2.51. The zero-order chi connectivity index (χ0) is 54.2. The Morgan fingerprint density at radius 1 is 0.842 bits per heavy atom. The summed E-state index contributed by atoms with van der Waals surface area (Å²) < 4.78 is 52.1. The first-order valence-electron chi connectivity index (χ1n) is 27.3. The Labute approximate surface area is 443 Å². The number of nitrogens with one attached hydrogen (secondary N) is 6. The van der Waals surface area contributed by atoms with Crippen LogP contribution in [0.1, 0.15) is 138 Å². The van der Waals surface area contributed by atoms with E-state index in [0.29, 0.717) is 134 Å². The molecular formula is C54H77F3N10O9. The van der Waals surface area contributed by atoms with Gasteiger partial charge >= 0.3 is 6.18 Å². The van der Waals surface area contributed by atoms with E-state index in [1.54, 1.807) is 42.4 Å². The van der Waals surface area contributed by atoms with Crippen molar-refractivity contribution in [3.8, 4) is 0 Å². The molecule has 0 radical (unpaired) electrons. The summed E-state index contributed by atoms with van der Waals surface area (Å²) in [6, 6.07) is 4.39. The molecule has 0 spiro atoms. The molecule has 2 aromatic rings. The molecule has 0 aromatic carbocycles. The van der Waals surface area contributed by atoms with Crippen LogP contribution in [0.5, 0.6) is 0 Å². The van der Waals surface area contributed by atoms with Crippen LogP contribution in [-0.2, 0) is 62.2 Å². The molecular weight excluding hydrogens is 990 g/mol. The van der Waals surface area contributed by atoms with E-state index in [-0.39, 0.29) is 110 Å². The molecule has 0 unspecified atom stereocenters. The monoisotopic (exact) mass is 1070 g/mol. The number of ether oxygens (including phenoxy) is 2. The lowest BCUT2D eigenvalue weighted by atomic mass is 9.79. The van der Waals surface area contributed by atoms with Crippen LogP contribution in [0.2, 0.25) is 0 Å². The predicted octanol–water partition coefficient (Wildman–Crippen LogP) is 3.79. The van der Waals surface area contributed by atoms with E-state index in [1.165, 1.54) is 0 Å². The number of carbonyl (C=O) groups is 7. The van der Waals surface area contributed by atoms with Gasteiger partial charge in [-0.25, -0.2) is 0 Å². The molecule has 4 fully saturated rings. The van der Waals surface area contributed by atoms with Gasteiger partial charge in [0, 0.05) is 140 Å². The van der Waals surface area contributed by atoms with Crippen LogP contribution in [0.3, 0.4) is 0 Å². The third-order valence-corrected chi connectivity index (χ3v) is 16.0. The summed E-state index contributed by atoms with van der Waals surface area (Å²) in [5, 5.41) is 18.4. The van der Waals surface area contributed by atoms with E-state index in [0.717, 1.165) is 30.7 Å². The van der Waals surface area contributed by atoms with Gasteiger partial charge in [-0.15, -0.1) is 0 Å². The number of likely N-dealkylation sites (tertiary alicyclic amines) is 1. The molecule has 6 N–H and O–H groups in total. The molecule has 2 saturated carbocycles. The molecule has 2 aliphatic carbocycles. The third kappa shape index (κ3) is 15.9. The quantitative estimate of drug-likeness (QED) is 0.0824. The smallest absolute Gasteiger partial charge is 0.379 e. The molecule has 0 bridgehead atoms. The van der Waals surface area contributed by atoms with Crippen molar-refractivity contribution in [1.82, 2.24) is 51.7 Å². The fourth-order valence-electron chi connectivity index (χ4n) is 11.7. The number of fused-ring (bicyclic) bond motifs is 1. The van der Waals surface area contributed by atoms with Crippen molar-refractivity contribution in [2.75, 3.05) is 60.1 Å². The molecule has 2 saturated heterocycles. The second kappa shape index (κ2) is 27.5. The maximum absolute atomic E-state index is 14.6. The zero-order valence-corrected chi connectivity index (χ0v) is 44.0. The van der Waals surface area contributed by atoms with Gasteiger partial charge < -0.3 is 51.2 Å². The molecule has 418 valence electrons. The standard InChI is InChI=1S/C54H77F3N10O9/c1-66-48(71)29-41(49(66)36-8-4-21-58-31-36)51(73)62-25-7-24-60-46(69)11-5-22-59-45(68)9-3-10-47(70)65-39-14-12-35(13-15-39)50(72)61-23-6-19-53(20-16-40(30-53)64-43-18-27-76-34-44(43)75-2)52(74)67-26-17-42-37(33-67)28-38(32-63-42)54(55,56)57/h4,8,21,28,31-32,35,39-41,43-44,49,64H,3,5-7,9-20,22-27,29-30,33-34H2,1-2H3,(H,59,68)(H,60,69)(H,61,72)(H,62,73)(H,65,70)/t35-,39+,40-,41+,43+,44-,49-,53+/m1/s1. The average molecular weight is 1070 g/mol. The molecule has 76 heavy (non-hydrogen) atoms. The van der Waals surface area contributed by atoms with Crippen molar-refractivity contribution >= 4 is 41.4 Å². The van der Waals surface area contributed by atoms with Crippen LogP contribution < -0.4 is 31.9 Å². The van der Waals surface area contributed by atoms with Crippen LogP contribution >= 0.6 is 0 Å². The van der Waals surface area contributed by atoms with E-state index in [1.807, 2.05) is 6.07 Å². The van der Waals surface area contributed by atoms with E-state index in [2.05, 4.69) is 41.9 Å². The van der Waals surface area contributed by atoms with Gasteiger partial charge in [0.05, 0.1) is 35.6 Å². The number of carbonyl (C=O) groups excluding carboxylic acids is 7. The number of alkyl halides is 3. The number of nitrogens with zero attached hydrogens (tertiary/aromatic N) is 4. The summed E-state index contributed by atoms with van der Waals surface area (Å²) >= 11 is 0. The van der Waals surface area contributed by atoms with Gasteiger partial charge in [-0.2, -0.15) is 13.2 Å². The molecule has 6 atom stereocenters. The van der Waals surface area contributed by atoms with Crippen molar-refractivity contribution in [2.45, 2.75) is 159 Å². The minimum atomic E-state index is -4.54. The first kappa shape index (κ1) is 58.0. The lowest BCUT2D eigenvalue weighted by Gasteiger charge is -2.38. The Kier molecular flexibility index (Phi) is 21.0. The highest BCUT2D eigenvalue weighted by atomic mass is 19.4. The fraction of sp³-hybridized carbons (Fsp3) is 0.685. The molecule has 7 amide bonds. The maximum atomic E-state index is 14.6. The SMILES string of the molecule is CO[C@@H]1COCC[C@@H]1N[C@@H]1CC[C@](CCCNC(=O)[C@H]2CC[C@@H](NC(=O)CCCC(=O)NCCCC(=O)NCCCNC(=O)[C@H]3CC(=O)N(C)[C@@H]3c3cccnc3)CC2)(C(=O)N2CCc3ncc(C(F)(F)F)cc3C2)C1. The van der Waals surface area contributed by atoms with Gasteiger partial charge in [0.1, 0.15) is 0 Å². The van der Waals surface area contributed by atoms with Crippen molar-refractivity contribution in [3.05, 3.63) is 59.2 Å². The Morgan fingerprint density at radius 3 is 2.29 bits per heavy atom. The minimum Gasteiger partial charge on any atom is -0.379 e. The second-order valence-electron chi connectivity index (χ2n) is 21.3. The summed E-state index contributed by atoms with van der Waals surface area (Å²) in [5.41, 5.74) is 0.218. The van der Waals surface area contributed by atoms with Crippen LogP contribution in [-0.4, -0.2) is 145 Å². The Bertz CT molecular complexity index is 2320. The number of pyridine rings is 2. The Morgan fingerprint density at radius 2 is 1.55 bits per heavy atom. The van der Waals surface area contributed by atoms with Gasteiger partial charge in [0.2, 0.25) is 41.4 Å². The molecule has 5 aliphatic rings. The van der Waals surface area contributed by atoms with Crippen LogP contribution in [0.25, 0.3) is 0 Å². The van der Waals surface area contributed by atoms with E-state index in [9.17, 15) is 46.7 Å². The van der Waals surface area contributed by atoms with E-state index >= 15 is 0 Å². The van der Waals surface area contributed by atoms with E-state index < -0.39 is 23.1 Å². The van der Waals surface area contributed by atoms with Crippen LogP contribution in [0.4, 0.5) is 13.2 Å². The fourth-order valence-corrected chi connectivity index (χ4v) is 11.7. The topological polar surface area (TPSA) is 242 Å². The molecule has 7 rings (SSSR count). The number of hydrogen-bond donors (Lipinski definition) is 6. The van der Waals surface area contributed by atoms with Crippen LogP contribution in [0.15, 0.2) is 36.8 Å². The number of halogens is 3. The van der Waals surface area contributed by atoms with Crippen molar-refractivity contribution in [1.29, 1.82) is 0 Å². The van der Waals surface area contributed by atoms with Crippen molar-refractivity contribution in [2.24, 2.45) is 17.3 Å². The zero-order valence-electron chi connectivity index (χ0n) is 44.0. The minimum absolute atomic E-state index is 0.0388. The van der Waals surface area contributed by atoms with Crippen LogP contribution in [0, 0.1) is 17.3 Å². The van der Waals surface area contributed by atoms with Crippen molar-refractivity contribution in [3.63, 3.8) is 0 Å². The number of amides is 7. The van der Waals surface area contributed by atoms with E-state index in [4.69, 9.17) is 9.47 Å². The normalized spacial score (nSPS) is 25.6. The molecule has 3 aliphatic heterocycles. The highest BCUT2D eigenvalue weighted by Gasteiger charge is 2.48. The van der Waals surface area contributed by atoms with Gasteiger partial charge in [0.25, 0.3) is 0 Å². The van der Waals surface area contributed by atoms with Gasteiger partial charge in [-0.1, -0.05) is 6.07 Å². The largest absolute Gasteiger partial charge is 0.417 e. The summed E-state index contributed by atoms with van der Waals surface area (Å²) in [6.45, 7) is 2.93. The molecule has 22 heteroatoms. The van der Waals surface area contributed by atoms with Gasteiger partial charge in [0.15, 0.2) is 0 Å². The highest BCUT2D eigenvalue weighted by Crippen LogP contribution is 2.45. The van der Waals surface area contributed by atoms with Crippen molar-refractivity contribution < 1.29 is 56.2 Å². The third-order valence-electron chi connectivity index (χ3n) is 16.0. The first-order valence-corrected chi connectivity index (χ1v) is 27.3. The van der Waals surface area contributed by atoms with Gasteiger partial charge in [-0.3, -0.25) is 43.5 Å². The molecule has 19 nitrogen and oxygen atoms in total. The maximum Gasteiger partial charge on any atom is 0.417 e. The average Bonchev–Trinajstić information content (AvgIpc) is 3.98.